The molecule has 2 rings (SSSR count). The first-order valence-corrected chi connectivity index (χ1v) is 8.34. The SMILES string of the molecule is CCC(N)Cc1ccc(N2CCC(N(C)C)CC2)cc1Cl. The minimum atomic E-state index is 0.198. The molecule has 0 amide bonds. The Bertz CT molecular complexity index is 453. The van der Waals surface area contributed by atoms with Gasteiger partial charge in [0.05, 0.1) is 0 Å². The largest absolute Gasteiger partial charge is 0.371 e. The molecule has 0 bridgehead atoms. The molecule has 0 aliphatic carbocycles. The molecule has 118 valence electrons. The number of piperidine rings is 1. The van der Waals surface area contributed by atoms with Gasteiger partial charge in [-0.25, -0.2) is 0 Å². The summed E-state index contributed by atoms with van der Waals surface area (Å²) >= 11 is 6.44. The Morgan fingerprint density at radius 1 is 1.33 bits per heavy atom. The lowest BCUT2D eigenvalue weighted by molar-refractivity contribution is 0.249. The van der Waals surface area contributed by atoms with E-state index in [9.17, 15) is 0 Å². The molecule has 4 heteroatoms. The lowest BCUT2D eigenvalue weighted by Gasteiger charge is -2.36. The molecular formula is C17H28ClN3. The molecule has 1 aliphatic heterocycles. The Labute approximate surface area is 134 Å². The molecule has 0 spiro atoms. The molecule has 1 unspecified atom stereocenters. The zero-order valence-corrected chi connectivity index (χ0v) is 14.2. The van der Waals surface area contributed by atoms with Crippen LogP contribution < -0.4 is 10.6 Å². The zero-order valence-electron chi connectivity index (χ0n) is 13.5. The van der Waals surface area contributed by atoms with Gasteiger partial charge in [0.1, 0.15) is 0 Å². The minimum absolute atomic E-state index is 0.198. The van der Waals surface area contributed by atoms with Crippen LogP contribution in [0.1, 0.15) is 31.7 Å². The third kappa shape index (κ3) is 4.35. The average molecular weight is 310 g/mol. The van der Waals surface area contributed by atoms with Crippen LogP contribution in [-0.2, 0) is 6.42 Å². The summed E-state index contributed by atoms with van der Waals surface area (Å²) in [7, 11) is 4.34. The molecule has 1 aromatic rings. The molecule has 21 heavy (non-hydrogen) atoms. The highest BCUT2D eigenvalue weighted by Gasteiger charge is 2.21. The van der Waals surface area contributed by atoms with Crippen molar-refractivity contribution in [3.8, 4) is 0 Å². The molecule has 0 aromatic heterocycles. The molecule has 1 fully saturated rings. The predicted molar refractivity (Wildman–Crippen MR) is 92.3 cm³/mol. The highest BCUT2D eigenvalue weighted by molar-refractivity contribution is 6.31. The highest BCUT2D eigenvalue weighted by atomic mass is 35.5. The first-order valence-electron chi connectivity index (χ1n) is 7.96. The molecule has 2 N–H and O–H groups in total. The van der Waals surface area contributed by atoms with Gasteiger partial charge in [-0.3, -0.25) is 0 Å². The van der Waals surface area contributed by atoms with E-state index in [-0.39, 0.29) is 6.04 Å². The lowest BCUT2D eigenvalue weighted by atomic mass is 10.0. The fourth-order valence-corrected chi connectivity index (χ4v) is 3.22. The van der Waals surface area contributed by atoms with Crippen molar-refractivity contribution in [3.63, 3.8) is 0 Å². The Hall–Kier alpha value is -0.770. The maximum atomic E-state index is 6.44. The van der Waals surface area contributed by atoms with Crippen LogP contribution >= 0.6 is 11.6 Å². The molecule has 1 heterocycles. The maximum absolute atomic E-state index is 6.44. The monoisotopic (exact) mass is 309 g/mol. The molecule has 0 radical (unpaired) electrons. The molecule has 3 nitrogen and oxygen atoms in total. The van der Waals surface area contributed by atoms with E-state index < -0.39 is 0 Å². The molecule has 1 atom stereocenters. The number of halogens is 1. The van der Waals surface area contributed by atoms with E-state index >= 15 is 0 Å². The smallest absolute Gasteiger partial charge is 0.0459 e. The van der Waals surface area contributed by atoms with Crippen LogP contribution in [-0.4, -0.2) is 44.2 Å². The van der Waals surface area contributed by atoms with Gasteiger partial charge in [0.2, 0.25) is 0 Å². The van der Waals surface area contributed by atoms with Crippen molar-refractivity contribution in [1.29, 1.82) is 0 Å². The van der Waals surface area contributed by atoms with Gasteiger partial charge in [-0.05, 0) is 57.5 Å². The predicted octanol–water partition coefficient (Wildman–Crippen LogP) is 3.15. The molecule has 0 saturated carbocycles. The van der Waals surface area contributed by atoms with E-state index in [1.165, 1.54) is 18.5 Å². The second-order valence-corrected chi connectivity index (χ2v) is 6.74. The summed E-state index contributed by atoms with van der Waals surface area (Å²) in [6.07, 6.45) is 4.27. The van der Waals surface area contributed by atoms with Crippen molar-refractivity contribution < 1.29 is 0 Å². The van der Waals surface area contributed by atoms with Gasteiger partial charge in [-0.15, -0.1) is 0 Å². The third-order valence-corrected chi connectivity index (χ3v) is 4.95. The van der Waals surface area contributed by atoms with Gasteiger partial charge in [-0.1, -0.05) is 24.6 Å². The Kier molecular flexibility index (Phi) is 5.91. The summed E-state index contributed by atoms with van der Waals surface area (Å²) in [6.45, 7) is 4.32. The van der Waals surface area contributed by atoms with Crippen LogP contribution in [0.25, 0.3) is 0 Å². The molecule has 1 saturated heterocycles. The lowest BCUT2D eigenvalue weighted by Crippen LogP contribution is -2.42. The van der Waals surface area contributed by atoms with Crippen LogP contribution in [0.5, 0.6) is 0 Å². The van der Waals surface area contributed by atoms with Crippen LogP contribution in [0.2, 0.25) is 5.02 Å². The number of anilines is 1. The third-order valence-electron chi connectivity index (χ3n) is 4.60. The van der Waals surface area contributed by atoms with Crippen molar-refractivity contribution in [2.45, 2.75) is 44.7 Å². The summed E-state index contributed by atoms with van der Waals surface area (Å²) in [5, 5.41) is 0.853. The van der Waals surface area contributed by atoms with E-state index in [4.69, 9.17) is 17.3 Å². The summed E-state index contributed by atoms with van der Waals surface area (Å²) in [4.78, 5) is 4.77. The van der Waals surface area contributed by atoms with Crippen LogP contribution in [0.15, 0.2) is 18.2 Å². The average Bonchev–Trinajstić information content (AvgIpc) is 2.49. The zero-order chi connectivity index (χ0) is 15.4. The van der Waals surface area contributed by atoms with Gasteiger partial charge in [0.15, 0.2) is 0 Å². The van der Waals surface area contributed by atoms with E-state index in [1.807, 2.05) is 0 Å². The number of nitrogens with two attached hydrogens (primary N) is 1. The Balaban J connectivity index is 2.00. The highest BCUT2D eigenvalue weighted by Crippen LogP contribution is 2.27. The number of rotatable bonds is 5. The van der Waals surface area contributed by atoms with Crippen molar-refractivity contribution >= 4 is 17.3 Å². The number of benzene rings is 1. The second-order valence-electron chi connectivity index (χ2n) is 6.33. The number of hydrogen-bond acceptors (Lipinski definition) is 3. The van der Waals surface area contributed by atoms with Crippen LogP contribution in [0.4, 0.5) is 5.69 Å². The molecule has 1 aliphatic rings. The van der Waals surface area contributed by atoms with E-state index in [0.717, 1.165) is 36.5 Å². The minimum Gasteiger partial charge on any atom is -0.371 e. The number of hydrogen-bond donors (Lipinski definition) is 1. The van der Waals surface area contributed by atoms with Crippen molar-refractivity contribution in [1.82, 2.24) is 4.90 Å². The Morgan fingerprint density at radius 2 is 2.00 bits per heavy atom. The molecular weight excluding hydrogens is 282 g/mol. The van der Waals surface area contributed by atoms with Crippen molar-refractivity contribution in [2.75, 3.05) is 32.1 Å². The topological polar surface area (TPSA) is 32.5 Å². The van der Waals surface area contributed by atoms with Crippen LogP contribution in [0, 0.1) is 0 Å². The summed E-state index contributed by atoms with van der Waals surface area (Å²) in [5.41, 5.74) is 8.43. The summed E-state index contributed by atoms with van der Waals surface area (Å²) in [6, 6.07) is 7.35. The number of nitrogens with zero attached hydrogens (tertiary/aromatic N) is 2. The maximum Gasteiger partial charge on any atom is 0.0459 e. The Morgan fingerprint density at radius 3 is 2.52 bits per heavy atom. The summed E-state index contributed by atoms with van der Waals surface area (Å²) < 4.78 is 0. The summed E-state index contributed by atoms with van der Waals surface area (Å²) in [5.74, 6) is 0. The van der Waals surface area contributed by atoms with Crippen LogP contribution in [0.3, 0.4) is 0 Å². The van der Waals surface area contributed by atoms with E-state index in [0.29, 0.717) is 6.04 Å². The molecule has 1 aromatic carbocycles. The first kappa shape index (κ1) is 16.6. The second kappa shape index (κ2) is 7.48. The normalized spacial score (nSPS) is 18.3. The standard InChI is InChI=1S/C17H28ClN3/c1-4-14(19)11-13-5-6-16(12-17(13)18)21-9-7-15(8-10-21)20(2)3/h5-6,12,14-15H,4,7-11,19H2,1-3H3. The van der Waals surface area contributed by atoms with Gasteiger partial charge < -0.3 is 15.5 Å². The van der Waals surface area contributed by atoms with Gasteiger partial charge in [0.25, 0.3) is 0 Å². The van der Waals surface area contributed by atoms with E-state index in [2.05, 4.69) is 49.0 Å². The van der Waals surface area contributed by atoms with Crippen molar-refractivity contribution in [3.05, 3.63) is 28.8 Å². The fraction of sp³-hybridized carbons (Fsp3) is 0.647. The fourth-order valence-electron chi connectivity index (χ4n) is 2.97. The van der Waals surface area contributed by atoms with Gasteiger partial charge in [-0.2, -0.15) is 0 Å². The van der Waals surface area contributed by atoms with Crippen molar-refractivity contribution in [2.24, 2.45) is 5.73 Å². The van der Waals surface area contributed by atoms with Gasteiger partial charge in [0, 0.05) is 35.9 Å². The van der Waals surface area contributed by atoms with Gasteiger partial charge >= 0.3 is 0 Å². The van der Waals surface area contributed by atoms with E-state index in [1.54, 1.807) is 0 Å². The quantitative estimate of drug-likeness (QED) is 0.907. The first-order chi connectivity index (χ1) is 10.0.